The largest absolute Gasteiger partial charge is 0.491 e. The second-order valence-electron chi connectivity index (χ2n) is 5.58. The average molecular weight is 304 g/mol. The van der Waals surface area contributed by atoms with E-state index in [1.54, 1.807) is 0 Å². The molecule has 0 fully saturated rings. The maximum absolute atomic E-state index is 6.15. The van der Waals surface area contributed by atoms with E-state index in [4.69, 9.17) is 16.3 Å². The second kappa shape index (κ2) is 6.86. The number of hydrogen-bond donors (Lipinski definition) is 1. The van der Waals surface area contributed by atoms with Crippen molar-refractivity contribution in [2.75, 3.05) is 5.32 Å². The Labute approximate surface area is 132 Å². The maximum Gasteiger partial charge on any atom is 0.120 e. The first-order valence-electron chi connectivity index (χ1n) is 7.22. The van der Waals surface area contributed by atoms with Crippen LogP contribution in [0.15, 0.2) is 36.4 Å². The Balaban J connectivity index is 2.04. The van der Waals surface area contributed by atoms with Crippen molar-refractivity contribution >= 4 is 17.3 Å². The van der Waals surface area contributed by atoms with Gasteiger partial charge in [0.2, 0.25) is 0 Å². The quantitative estimate of drug-likeness (QED) is 0.803. The van der Waals surface area contributed by atoms with Gasteiger partial charge in [0.05, 0.1) is 6.10 Å². The molecule has 0 aliphatic carbocycles. The zero-order valence-electron chi connectivity index (χ0n) is 13.0. The van der Waals surface area contributed by atoms with Crippen molar-refractivity contribution < 1.29 is 4.74 Å². The fourth-order valence-corrected chi connectivity index (χ4v) is 2.33. The lowest BCUT2D eigenvalue weighted by Gasteiger charge is -2.14. The molecule has 1 N–H and O–H groups in total. The molecule has 0 saturated carbocycles. The van der Waals surface area contributed by atoms with Crippen LogP contribution in [0.1, 0.15) is 30.5 Å². The molecule has 0 aliphatic rings. The molecule has 0 aromatic heterocycles. The van der Waals surface area contributed by atoms with Gasteiger partial charge >= 0.3 is 0 Å². The highest BCUT2D eigenvalue weighted by atomic mass is 35.5. The van der Waals surface area contributed by atoms with Gasteiger partial charge in [0.15, 0.2) is 0 Å². The molecule has 0 radical (unpaired) electrons. The number of halogens is 1. The van der Waals surface area contributed by atoms with Gasteiger partial charge in [-0.25, -0.2) is 0 Å². The van der Waals surface area contributed by atoms with E-state index < -0.39 is 0 Å². The van der Waals surface area contributed by atoms with Crippen LogP contribution in [0.2, 0.25) is 5.02 Å². The summed E-state index contributed by atoms with van der Waals surface area (Å²) in [4.78, 5) is 0. The zero-order valence-corrected chi connectivity index (χ0v) is 13.8. The third-order valence-corrected chi connectivity index (χ3v) is 3.70. The van der Waals surface area contributed by atoms with Crippen LogP contribution in [0.4, 0.5) is 5.69 Å². The van der Waals surface area contributed by atoms with Gasteiger partial charge < -0.3 is 10.1 Å². The Morgan fingerprint density at radius 3 is 2.43 bits per heavy atom. The van der Waals surface area contributed by atoms with Crippen molar-refractivity contribution in [3.8, 4) is 5.75 Å². The number of benzene rings is 2. The summed E-state index contributed by atoms with van der Waals surface area (Å²) >= 11 is 6.15. The molecule has 0 aliphatic heterocycles. The molecular formula is C18H22ClNO. The first-order chi connectivity index (χ1) is 9.95. The average Bonchev–Trinajstić information content (AvgIpc) is 2.41. The van der Waals surface area contributed by atoms with Crippen LogP contribution in [-0.4, -0.2) is 6.10 Å². The highest BCUT2D eigenvalue weighted by Gasteiger charge is 2.03. The fourth-order valence-electron chi connectivity index (χ4n) is 2.12. The van der Waals surface area contributed by atoms with Gasteiger partial charge in [0, 0.05) is 17.3 Å². The molecule has 0 spiro atoms. The predicted octanol–water partition coefficient (Wildman–Crippen LogP) is 5.36. The minimum Gasteiger partial charge on any atom is -0.491 e. The van der Waals surface area contributed by atoms with Crippen molar-refractivity contribution in [1.29, 1.82) is 0 Å². The van der Waals surface area contributed by atoms with Crippen molar-refractivity contribution in [3.05, 3.63) is 58.1 Å². The Hall–Kier alpha value is -1.67. The Morgan fingerprint density at radius 1 is 1.05 bits per heavy atom. The van der Waals surface area contributed by atoms with Gasteiger partial charge in [-0.3, -0.25) is 0 Å². The summed E-state index contributed by atoms with van der Waals surface area (Å²) < 4.78 is 5.70. The summed E-state index contributed by atoms with van der Waals surface area (Å²) in [5, 5.41) is 4.25. The number of aryl methyl sites for hydroxylation is 2. The topological polar surface area (TPSA) is 21.3 Å². The van der Waals surface area contributed by atoms with E-state index >= 15 is 0 Å². The summed E-state index contributed by atoms with van der Waals surface area (Å²) in [5.74, 6) is 0.909. The van der Waals surface area contributed by atoms with Gasteiger partial charge in [0.25, 0.3) is 0 Å². The van der Waals surface area contributed by atoms with E-state index in [2.05, 4.69) is 30.4 Å². The van der Waals surface area contributed by atoms with Crippen molar-refractivity contribution in [1.82, 2.24) is 0 Å². The third-order valence-electron chi connectivity index (χ3n) is 3.29. The highest BCUT2D eigenvalue weighted by molar-refractivity contribution is 6.31. The van der Waals surface area contributed by atoms with Gasteiger partial charge in [-0.15, -0.1) is 0 Å². The second-order valence-corrected chi connectivity index (χ2v) is 5.99. The Bertz CT molecular complexity index is 623. The number of rotatable bonds is 5. The van der Waals surface area contributed by atoms with Crippen molar-refractivity contribution in [3.63, 3.8) is 0 Å². The van der Waals surface area contributed by atoms with E-state index in [0.29, 0.717) is 0 Å². The van der Waals surface area contributed by atoms with Gasteiger partial charge in [-0.1, -0.05) is 23.7 Å². The van der Waals surface area contributed by atoms with E-state index in [1.165, 1.54) is 11.1 Å². The predicted molar refractivity (Wildman–Crippen MR) is 90.5 cm³/mol. The van der Waals surface area contributed by atoms with Crippen LogP contribution in [-0.2, 0) is 6.54 Å². The van der Waals surface area contributed by atoms with E-state index in [-0.39, 0.29) is 6.10 Å². The summed E-state index contributed by atoms with van der Waals surface area (Å²) in [6.45, 7) is 8.91. The normalized spacial score (nSPS) is 10.8. The molecule has 2 aromatic rings. The Morgan fingerprint density at radius 2 is 1.81 bits per heavy atom. The van der Waals surface area contributed by atoms with Crippen molar-refractivity contribution in [2.24, 2.45) is 0 Å². The number of nitrogens with one attached hydrogen (secondary N) is 1. The van der Waals surface area contributed by atoms with E-state index in [9.17, 15) is 0 Å². The molecule has 0 heterocycles. The first kappa shape index (κ1) is 15.7. The fraction of sp³-hybridized carbons (Fsp3) is 0.333. The smallest absolute Gasteiger partial charge is 0.120 e. The highest BCUT2D eigenvalue weighted by Crippen LogP contribution is 2.23. The number of ether oxygens (including phenoxy) is 1. The van der Waals surface area contributed by atoms with E-state index in [0.717, 1.165) is 28.6 Å². The lowest BCUT2D eigenvalue weighted by atomic mass is 10.1. The number of hydrogen-bond acceptors (Lipinski definition) is 2. The molecule has 0 atom stereocenters. The SMILES string of the molecule is Cc1ccc(CNc2ccc(OC(C)C)cc2C)cc1Cl. The molecule has 21 heavy (non-hydrogen) atoms. The molecule has 2 rings (SSSR count). The minimum atomic E-state index is 0.193. The Kier molecular flexibility index (Phi) is 5.13. The van der Waals surface area contributed by atoms with Gasteiger partial charge in [-0.2, -0.15) is 0 Å². The monoisotopic (exact) mass is 303 g/mol. The first-order valence-corrected chi connectivity index (χ1v) is 7.59. The van der Waals surface area contributed by atoms with Crippen LogP contribution >= 0.6 is 11.6 Å². The molecule has 0 unspecified atom stereocenters. The maximum atomic E-state index is 6.15. The van der Waals surface area contributed by atoms with Crippen LogP contribution in [0.3, 0.4) is 0 Å². The molecule has 2 nitrogen and oxygen atoms in total. The lowest BCUT2D eigenvalue weighted by molar-refractivity contribution is 0.242. The molecular weight excluding hydrogens is 282 g/mol. The van der Waals surface area contributed by atoms with Crippen LogP contribution in [0, 0.1) is 13.8 Å². The zero-order chi connectivity index (χ0) is 15.4. The van der Waals surface area contributed by atoms with Crippen molar-refractivity contribution in [2.45, 2.75) is 40.3 Å². The van der Waals surface area contributed by atoms with Crippen LogP contribution in [0.25, 0.3) is 0 Å². The molecule has 0 saturated heterocycles. The summed E-state index contributed by atoms with van der Waals surface area (Å²) in [6.07, 6.45) is 0.193. The minimum absolute atomic E-state index is 0.193. The van der Waals surface area contributed by atoms with Gasteiger partial charge in [-0.05, 0) is 68.7 Å². The van der Waals surface area contributed by atoms with Crippen LogP contribution in [0.5, 0.6) is 5.75 Å². The third kappa shape index (κ3) is 4.40. The summed E-state index contributed by atoms with van der Waals surface area (Å²) in [7, 11) is 0. The van der Waals surface area contributed by atoms with Gasteiger partial charge in [0.1, 0.15) is 5.75 Å². The standard InChI is InChI=1S/C18H22ClNO/c1-12(2)21-16-7-8-18(14(4)9-16)20-11-15-6-5-13(3)17(19)10-15/h5-10,12,20H,11H2,1-4H3. The van der Waals surface area contributed by atoms with Crippen LogP contribution < -0.4 is 10.1 Å². The number of anilines is 1. The summed E-state index contributed by atoms with van der Waals surface area (Å²) in [5.41, 5.74) is 4.56. The van der Waals surface area contributed by atoms with E-state index in [1.807, 2.05) is 39.0 Å². The molecule has 112 valence electrons. The lowest BCUT2D eigenvalue weighted by Crippen LogP contribution is -2.06. The molecule has 3 heteroatoms. The molecule has 0 bridgehead atoms. The molecule has 2 aromatic carbocycles. The summed E-state index contributed by atoms with van der Waals surface area (Å²) in [6, 6.07) is 12.3. The molecule has 0 amide bonds.